The molecule has 0 unspecified atom stereocenters. The number of nitrogens with zero attached hydrogens (tertiary/aromatic N) is 2. The summed E-state index contributed by atoms with van der Waals surface area (Å²) in [4.78, 5) is 28.2. The van der Waals surface area contributed by atoms with Gasteiger partial charge < -0.3 is 10.2 Å². The number of halogens is 3. The molecule has 36 heavy (non-hydrogen) atoms. The normalized spacial score (nSPS) is 13.1. The fraction of sp³-hybridized carbons (Fsp3) is 0.440. The lowest BCUT2D eigenvalue weighted by Gasteiger charge is -2.33. The second kappa shape index (κ2) is 13.0. The fourth-order valence-corrected chi connectivity index (χ4v) is 4.88. The van der Waals surface area contributed by atoms with Crippen molar-refractivity contribution >= 4 is 62.3 Å². The lowest BCUT2D eigenvalue weighted by Crippen LogP contribution is -2.53. The Morgan fingerprint density at radius 2 is 1.64 bits per heavy atom. The van der Waals surface area contributed by atoms with Gasteiger partial charge in [0.25, 0.3) is 0 Å². The molecule has 0 aliphatic carbocycles. The van der Waals surface area contributed by atoms with Gasteiger partial charge in [0.05, 0.1) is 22.0 Å². The highest BCUT2D eigenvalue weighted by atomic mass is 35.5. The molecular weight excluding hydrogens is 545 g/mol. The number of hydrogen-bond donors (Lipinski definition) is 1. The number of amides is 2. The number of nitrogens with one attached hydrogen (secondary N) is 1. The number of carbonyl (C=O) groups excluding carboxylic acids is 2. The van der Waals surface area contributed by atoms with E-state index in [0.717, 1.165) is 22.5 Å². The predicted molar refractivity (Wildman–Crippen MR) is 147 cm³/mol. The van der Waals surface area contributed by atoms with E-state index >= 15 is 0 Å². The molecular formula is C25H32Cl3N3O4S. The van der Waals surface area contributed by atoms with Gasteiger partial charge in [0.1, 0.15) is 12.6 Å². The lowest BCUT2D eigenvalue weighted by molar-refractivity contribution is -0.140. The molecule has 0 fully saturated rings. The molecule has 1 N–H and O–H groups in total. The second-order valence-corrected chi connectivity index (χ2v) is 11.8. The Labute approximate surface area is 228 Å². The summed E-state index contributed by atoms with van der Waals surface area (Å²) in [6.45, 7) is 6.94. The van der Waals surface area contributed by atoms with Crippen LogP contribution in [0.15, 0.2) is 36.4 Å². The molecule has 0 aliphatic heterocycles. The van der Waals surface area contributed by atoms with Crippen molar-refractivity contribution in [1.82, 2.24) is 10.2 Å². The number of benzene rings is 2. The van der Waals surface area contributed by atoms with Crippen LogP contribution in [0.5, 0.6) is 0 Å². The number of rotatable bonds is 11. The zero-order valence-electron chi connectivity index (χ0n) is 21.0. The zero-order valence-corrected chi connectivity index (χ0v) is 24.1. The molecule has 0 aromatic heterocycles. The third kappa shape index (κ3) is 8.00. The Morgan fingerprint density at radius 3 is 2.17 bits per heavy atom. The highest BCUT2D eigenvalue weighted by molar-refractivity contribution is 7.92. The van der Waals surface area contributed by atoms with Crippen LogP contribution in [0.4, 0.5) is 5.69 Å². The molecule has 2 aromatic rings. The van der Waals surface area contributed by atoms with Crippen molar-refractivity contribution in [1.29, 1.82) is 0 Å². The molecule has 2 atom stereocenters. The van der Waals surface area contributed by atoms with Crippen molar-refractivity contribution in [3.8, 4) is 0 Å². The van der Waals surface area contributed by atoms with Crippen LogP contribution < -0.4 is 9.62 Å². The van der Waals surface area contributed by atoms with Gasteiger partial charge in [-0.2, -0.15) is 0 Å². The monoisotopic (exact) mass is 575 g/mol. The first-order chi connectivity index (χ1) is 16.8. The first-order valence-electron chi connectivity index (χ1n) is 11.6. The van der Waals surface area contributed by atoms with Crippen LogP contribution >= 0.6 is 34.8 Å². The molecule has 0 radical (unpaired) electrons. The third-order valence-electron chi connectivity index (χ3n) is 5.85. The molecule has 0 saturated heterocycles. The molecule has 0 bridgehead atoms. The summed E-state index contributed by atoms with van der Waals surface area (Å²) in [6, 6.07) is 8.80. The Kier molecular flexibility index (Phi) is 10.9. The number of anilines is 1. The Balaban J connectivity index is 2.48. The van der Waals surface area contributed by atoms with E-state index in [1.165, 1.54) is 11.0 Å². The van der Waals surface area contributed by atoms with E-state index in [9.17, 15) is 18.0 Å². The van der Waals surface area contributed by atoms with Gasteiger partial charge in [0, 0.05) is 17.6 Å². The molecule has 11 heteroatoms. The van der Waals surface area contributed by atoms with Crippen LogP contribution in [0, 0.1) is 6.92 Å². The highest BCUT2D eigenvalue weighted by Crippen LogP contribution is 2.27. The zero-order chi connectivity index (χ0) is 27.2. The van der Waals surface area contributed by atoms with Crippen molar-refractivity contribution < 1.29 is 18.0 Å². The van der Waals surface area contributed by atoms with E-state index in [2.05, 4.69) is 5.32 Å². The Bertz CT molecular complexity index is 1210. The summed E-state index contributed by atoms with van der Waals surface area (Å²) in [5, 5.41) is 3.97. The second-order valence-electron chi connectivity index (χ2n) is 8.72. The predicted octanol–water partition coefficient (Wildman–Crippen LogP) is 5.44. The van der Waals surface area contributed by atoms with Crippen molar-refractivity contribution in [2.45, 2.75) is 59.2 Å². The van der Waals surface area contributed by atoms with Gasteiger partial charge in [-0.1, -0.05) is 60.8 Å². The van der Waals surface area contributed by atoms with Crippen molar-refractivity contribution in [2.24, 2.45) is 0 Å². The van der Waals surface area contributed by atoms with E-state index in [-0.39, 0.29) is 24.2 Å². The summed E-state index contributed by atoms with van der Waals surface area (Å²) in [6.07, 6.45) is 2.06. The number of aryl methyl sites for hydroxylation is 1. The maximum absolute atomic E-state index is 13.7. The van der Waals surface area contributed by atoms with Gasteiger partial charge in [-0.25, -0.2) is 8.42 Å². The standard InChI is InChI=1S/C25H32Cl3N3O4S/c1-6-17(4)29-25(33)23(7-2)30(14-18-9-11-20(26)22(28)12-18)24(32)15-31(36(5,34)35)19-10-8-16(3)21(27)13-19/h8-13,17,23H,6-7,14-15H2,1-5H3,(H,29,33)/t17-,23-/m1/s1. The maximum Gasteiger partial charge on any atom is 0.244 e. The van der Waals surface area contributed by atoms with Crippen molar-refractivity contribution in [3.05, 3.63) is 62.6 Å². The summed E-state index contributed by atoms with van der Waals surface area (Å²) in [7, 11) is -3.85. The van der Waals surface area contributed by atoms with Crippen LogP contribution in [0.1, 0.15) is 44.7 Å². The van der Waals surface area contributed by atoms with Crippen LogP contribution in [0.2, 0.25) is 15.1 Å². The van der Waals surface area contributed by atoms with Gasteiger partial charge in [-0.15, -0.1) is 0 Å². The van der Waals surface area contributed by atoms with E-state index in [1.807, 2.05) is 13.8 Å². The molecule has 198 valence electrons. The smallest absolute Gasteiger partial charge is 0.244 e. The largest absolute Gasteiger partial charge is 0.352 e. The topological polar surface area (TPSA) is 86.8 Å². The van der Waals surface area contributed by atoms with Crippen molar-refractivity contribution in [2.75, 3.05) is 17.1 Å². The molecule has 0 aliphatic rings. The first-order valence-corrected chi connectivity index (χ1v) is 14.5. The molecule has 2 amide bonds. The van der Waals surface area contributed by atoms with Gasteiger partial charge in [0.15, 0.2) is 0 Å². The van der Waals surface area contributed by atoms with Crippen LogP contribution in [0.3, 0.4) is 0 Å². The van der Waals surface area contributed by atoms with E-state index < -0.39 is 28.5 Å². The van der Waals surface area contributed by atoms with Gasteiger partial charge in [-0.05, 0) is 62.1 Å². The Morgan fingerprint density at radius 1 is 0.972 bits per heavy atom. The summed E-state index contributed by atoms with van der Waals surface area (Å²) >= 11 is 18.4. The van der Waals surface area contributed by atoms with E-state index in [0.29, 0.717) is 27.1 Å². The van der Waals surface area contributed by atoms with E-state index in [4.69, 9.17) is 34.8 Å². The van der Waals surface area contributed by atoms with Gasteiger partial charge in [-0.3, -0.25) is 13.9 Å². The first kappa shape index (κ1) is 30.2. The quantitative estimate of drug-likeness (QED) is 0.386. The molecule has 2 aromatic carbocycles. The van der Waals surface area contributed by atoms with Crippen molar-refractivity contribution in [3.63, 3.8) is 0 Å². The molecule has 0 heterocycles. The lowest BCUT2D eigenvalue weighted by atomic mass is 10.1. The summed E-state index contributed by atoms with van der Waals surface area (Å²) < 4.78 is 26.4. The summed E-state index contributed by atoms with van der Waals surface area (Å²) in [5.41, 5.74) is 1.68. The average Bonchev–Trinajstić information content (AvgIpc) is 2.80. The molecule has 0 saturated carbocycles. The minimum Gasteiger partial charge on any atom is -0.352 e. The van der Waals surface area contributed by atoms with Gasteiger partial charge in [0.2, 0.25) is 21.8 Å². The third-order valence-corrected chi connectivity index (χ3v) is 8.13. The number of hydrogen-bond acceptors (Lipinski definition) is 4. The number of sulfonamides is 1. The fourth-order valence-electron chi connectivity index (χ4n) is 3.55. The molecule has 7 nitrogen and oxygen atoms in total. The highest BCUT2D eigenvalue weighted by Gasteiger charge is 2.32. The maximum atomic E-state index is 13.7. The number of carbonyl (C=O) groups is 2. The van der Waals surface area contributed by atoms with Crippen LogP contribution in [0.25, 0.3) is 0 Å². The van der Waals surface area contributed by atoms with Crippen LogP contribution in [-0.2, 0) is 26.2 Å². The molecule has 0 spiro atoms. The van der Waals surface area contributed by atoms with Gasteiger partial charge >= 0.3 is 0 Å². The minimum absolute atomic E-state index is 0.0361. The minimum atomic E-state index is -3.85. The SMILES string of the molecule is CC[C@@H](C)NC(=O)[C@@H](CC)N(Cc1ccc(Cl)c(Cl)c1)C(=O)CN(c1ccc(C)c(Cl)c1)S(C)(=O)=O. The average molecular weight is 577 g/mol. The van der Waals surface area contributed by atoms with E-state index in [1.54, 1.807) is 44.2 Å². The van der Waals surface area contributed by atoms with Crippen LogP contribution in [-0.4, -0.2) is 50.0 Å². The Hall–Kier alpha value is -2.00. The molecule has 2 rings (SSSR count). The summed E-state index contributed by atoms with van der Waals surface area (Å²) in [5.74, 6) is -0.862.